The summed E-state index contributed by atoms with van der Waals surface area (Å²) in [7, 11) is 0. The van der Waals surface area contributed by atoms with Gasteiger partial charge in [0.2, 0.25) is 0 Å². The van der Waals surface area contributed by atoms with Crippen LogP contribution in [0, 0.1) is 31.4 Å². The third-order valence-corrected chi connectivity index (χ3v) is 1.72. The number of rotatable bonds is 0. The molecule has 0 aliphatic carbocycles. The summed E-state index contributed by atoms with van der Waals surface area (Å²) in [6.07, 6.45) is 0. The number of hydrogen-bond donors (Lipinski definition) is 0. The molecule has 0 amide bonds. The second-order valence-corrected chi connectivity index (χ2v) is 2.47. The lowest BCUT2D eigenvalue weighted by molar-refractivity contribution is 1.45. The van der Waals surface area contributed by atoms with Crippen LogP contribution in [-0.2, 0) is 0 Å². The zero-order valence-corrected chi connectivity index (χ0v) is 7.00. The summed E-state index contributed by atoms with van der Waals surface area (Å²) in [6, 6.07) is 4.91. The van der Waals surface area contributed by atoms with Gasteiger partial charge < -0.3 is 0 Å². The average Bonchev–Trinajstić information content (AvgIpc) is 2.18. The van der Waals surface area contributed by atoms with Crippen molar-refractivity contribution in [2.24, 2.45) is 0 Å². The van der Waals surface area contributed by atoms with Gasteiger partial charge in [0, 0.05) is 5.56 Å². The fraction of sp³-hybridized carbons (Fsp3) is 0.100. The average molecular weight is 167 g/mol. The van der Waals surface area contributed by atoms with Crippen molar-refractivity contribution in [1.82, 2.24) is 0 Å². The van der Waals surface area contributed by atoms with Crippen molar-refractivity contribution >= 4 is 11.4 Å². The first kappa shape index (κ1) is 8.78. The van der Waals surface area contributed by atoms with E-state index >= 15 is 0 Å². The van der Waals surface area contributed by atoms with Crippen molar-refractivity contribution in [2.45, 2.75) is 6.92 Å². The van der Waals surface area contributed by atoms with Gasteiger partial charge in [0.25, 0.3) is 0 Å². The molecule has 0 saturated heterocycles. The molecule has 3 nitrogen and oxygen atoms in total. The van der Waals surface area contributed by atoms with E-state index in [2.05, 4.69) is 9.69 Å². The van der Waals surface area contributed by atoms with E-state index in [1.165, 1.54) is 12.1 Å². The van der Waals surface area contributed by atoms with E-state index in [1.807, 2.05) is 6.07 Å². The predicted molar refractivity (Wildman–Crippen MR) is 48.4 cm³/mol. The van der Waals surface area contributed by atoms with E-state index in [9.17, 15) is 0 Å². The second kappa shape index (κ2) is 3.39. The quantitative estimate of drug-likeness (QED) is 0.546. The van der Waals surface area contributed by atoms with E-state index in [0.717, 1.165) is 0 Å². The number of nitriles is 1. The Balaban J connectivity index is 3.53. The van der Waals surface area contributed by atoms with Crippen molar-refractivity contribution in [3.63, 3.8) is 0 Å². The van der Waals surface area contributed by atoms with Crippen LogP contribution in [0.5, 0.6) is 0 Å². The normalized spacial score (nSPS) is 8.15. The van der Waals surface area contributed by atoms with E-state index < -0.39 is 0 Å². The fourth-order valence-electron chi connectivity index (χ4n) is 0.981. The molecule has 60 valence electrons. The Bertz CT molecular complexity index is 431. The molecule has 0 spiro atoms. The predicted octanol–water partition coefficient (Wildman–Crippen LogP) is 2.97. The molecule has 1 rings (SSSR count). The first-order chi connectivity index (χ1) is 6.22. The first-order valence-electron chi connectivity index (χ1n) is 3.52. The van der Waals surface area contributed by atoms with Crippen LogP contribution >= 0.6 is 0 Å². The van der Waals surface area contributed by atoms with Crippen LogP contribution in [0.15, 0.2) is 12.1 Å². The van der Waals surface area contributed by atoms with Crippen molar-refractivity contribution in [1.29, 1.82) is 5.26 Å². The molecule has 0 unspecified atom stereocenters. The Labute approximate surface area is 76.5 Å². The van der Waals surface area contributed by atoms with Gasteiger partial charge in [-0.15, -0.1) is 0 Å². The summed E-state index contributed by atoms with van der Waals surface area (Å²) in [6.45, 7) is 15.4. The van der Waals surface area contributed by atoms with Gasteiger partial charge in [0.05, 0.1) is 19.2 Å². The number of hydrogen-bond acceptors (Lipinski definition) is 1. The zero-order chi connectivity index (χ0) is 9.84. The maximum Gasteiger partial charge on any atom is 0.181 e. The Morgan fingerprint density at radius 2 is 1.69 bits per heavy atom. The van der Waals surface area contributed by atoms with Crippen LogP contribution in [0.1, 0.15) is 11.1 Å². The van der Waals surface area contributed by atoms with Crippen LogP contribution in [0.25, 0.3) is 9.69 Å². The lowest BCUT2D eigenvalue weighted by Crippen LogP contribution is -1.78. The van der Waals surface area contributed by atoms with Gasteiger partial charge in [-0.05, 0) is 17.7 Å². The van der Waals surface area contributed by atoms with Crippen molar-refractivity contribution in [2.75, 3.05) is 0 Å². The summed E-state index contributed by atoms with van der Waals surface area (Å²) in [5.41, 5.74) is 1.77. The lowest BCUT2D eigenvalue weighted by Gasteiger charge is -1.99. The summed E-state index contributed by atoms with van der Waals surface area (Å²) >= 11 is 0. The molecule has 0 aliphatic rings. The summed E-state index contributed by atoms with van der Waals surface area (Å²) in [4.78, 5) is 6.49. The molecule has 0 N–H and O–H groups in total. The minimum atomic E-state index is 0.364. The molecule has 0 bridgehead atoms. The molecule has 0 aliphatic heterocycles. The van der Waals surface area contributed by atoms with E-state index in [-0.39, 0.29) is 0 Å². The highest BCUT2D eigenvalue weighted by Gasteiger charge is 2.05. The molecule has 0 fully saturated rings. The maximum absolute atomic E-state index is 8.61. The van der Waals surface area contributed by atoms with E-state index in [1.54, 1.807) is 6.92 Å². The number of nitrogens with zero attached hydrogens (tertiary/aromatic N) is 3. The zero-order valence-electron chi connectivity index (χ0n) is 7.00. The van der Waals surface area contributed by atoms with Gasteiger partial charge in [-0.1, -0.05) is 6.92 Å². The van der Waals surface area contributed by atoms with Gasteiger partial charge in [-0.25, -0.2) is 9.69 Å². The van der Waals surface area contributed by atoms with Crippen LogP contribution in [0.4, 0.5) is 11.4 Å². The van der Waals surface area contributed by atoms with Gasteiger partial charge in [0.15, 0.2) is 11.4 Å². The Morgan fingerprint density at radius 3 is 2.00 bits per heavy atom. The maximum atomic E-state index is 8.61. The number of benzene rings is 1. The highest BCUT2D eigenvalue weighted by molar-refractivity contribution is 5.69. The minimum Gasteiger partial charge on any atom is -0.239 e. The molecule has 0 atom stereocenters. The minimum absolute atomic E-state index is 0.364. The van der Waals surface area contributed by atoms with Crippen molar-refractivity contribution in [3.8, 4) is 6.07 Å². The summed E-state index contributed by atoms with van der Waals surface area (Å²) in [5, 5.41) is 8.61. The summed E-state index contributed by atoms with van der Waals surface area (Å²) in [5.74, 6) is 0. The van der Waals surface area contributed by atoms with Gasteiger partial charge in [0.1, 0.15) is 0 Å². The van der Waals surface area contributed by atoms with Gasteiger partial charge in [-0.3, -0.25) is 0 Å². The third kappa shape index (κ3) is 1.48. The van der Waals surface area contributed by atoms with Crippen LogP contribution in [0.3, 0.4) is 0 Å². The highest BCUT2D eigenvalue weighted by atomic mass is 14.7. The lowest BCUT2D eigenvalue weighted by atomic mass is 10.1. The standard InChI is InChI=1S/C10H5N3/c1-7-9(12-2)4-8(6-11)5-10(7)13-3/h4-5H,1H3. The SMILES string of the molecule is [C-]#[N+]c1cc(C#N)cc([N+]#[C-])c1C. The second-order valence-electron chi connectivity index (χ2n) is 2.47. The van der Waals surface area contributed by atoms with Crippen LogP contribution in [-0.4, -0.2) is 0 Å². The molecule has 13 heavy (non-hydrogen) atoms. The highest BCUT2D eigenvalue weighted by Crippen LogP contribution is 2.29. The molecule has 0 saturated carbocycles. The van der Waals surface area contributed by atoms with Crippen LogP contribution in [0.2, 0.25) is 0 Å². The van der Waals surface area contributed by atoms with Crippen molar-refractivity contribution < 1.29 is 0 Å². The Kier molecular flexibility index (Phi) is 2.29. The summed E-state index contributed by atoms with van der Waals surface area (Å²) < 4.78 is 0. The Hall–Kier alpha value is -2.31. The topological polar surface area (TPSA) is 32.5 Å². The largest absolute Gasteiger partial charge is 0.239 e. The van der Waals surface area contributed by atoms with Gasteiger partial charge in [-0.2, -0.15) is 5.26 Å². The smallest absolute Gasteiger partial charge is 0.181 e. The van der Waals surface area contributed by atoms with Crippen molar-refractivity contribution in [3.05, 3.63) is 46.1 Å². The van der Waals surface area contributed by atoms with Crippen LogP contribution < -0.4 is 0 Å². The molecule has 0 radical (unpaired) electrons. The van der Waals surface area contributed by atoms with Gasteiger partial charge >= 0.3 is 0 Å². The first-order valence-corrected chi connectivity index (χ1v) is 3.52. The molecule has 1 aromatic rings. The molecule has 0 heterocycles. The molecular formula is C10H5N3. The molecule has 0 aromatic heterocycles. The third-order valence-electron chi connectivity index (χ3n) is 1.72. The molecular weight excluding hydrogens is 162 g/mol. The fourth-order valence-corrected chi connectivity index (χ4v) is 0.981. The molecule has 3 heteroatoms. The Morgan fingerprint density at radius 1 is 1.23 bits per heavy atom. The van der Waals surface area contributed by atoms with E-state index in [4.69, 9.17) is 18.4 Å². The molecule has 1 aromatic carbocycles. The monoisotopic (exact) mass is 167 g/mol. The van der Waals surface area contributed by atoms with E-state index in [0.29, 0.717) is 22.5 Å².